The lowest BCUT2D eigenvalue weighted by atomic mass is 10.1. The average Bonchev–Trinajstić information content (AvgIpc) is 3.28. The summed E-state index contributed by atoms with van der Waals surface area (Å²) in [5.74, 6) is 0.723. The molecule has 0 unspecified atom stereocenters. The molecule has 25 heavy (non-hydrogen) atoms. The van der Waals surface area contributed by atoms with E-state index in [1.54, 1.807) is 18.0 Å². The van der Waals surface area contributed by atoms with Crippen molar-refractivity contribution in [3.05, 3.63) is 66.3 Å². The van der Waals surface area contributed by atoms with Gasteiger partial charge < -0.3 is 18.6 Å². The Kier molecular flexibility index (Phi) is 3.97. The van der Waals surface area contributed by atoms with Crippen LogP contribution in [0.5, 0.6) is 5.88 Å². The van der Waals surface area contributed by atoms with Crippen LogP contribution in [0.1, 0.15) is 28.0 Å². The Morgan fingerprint density at radius 3 is 3.00 bits per heavy atom. The van der Waals surface area contributed by atoms with Crippen molar-refractivity contribution in [3.8, 4) is 5.88 Å². The first kappa shape index (κ1) is 15.4. The van der Waals surface area contributed by atoms with E-state index in [4.69, 9.17) is 9.15 Å². The van der Waals surface area contributed by atoms with Crippen LogP contribution in [0.2, 0.25) is 0 Å². The first-order chi connectivity index (χ1) is 12.2. The molecule has 0 saturated carbocycles. The van der Waals surface area contributed by atoms with Crippen molar-refractivity contribution in [2.75, 3.05) is 13.2 Å². The van der Waals surface area contributed by atoms with Crippen LogP contribution in [0.15, 0.2) is 53.5 Å². The molecular weight excluding hydrogens is 320 g/mol. The van der Waals surface area contributed by atoms with Gasteiger partial charge in [0.15, 0.2) is 6.39 Å². The molecule has 1 atom stereocenters. The number of amides is 1. The van der Waals surface area contributed by atoms with E-state index in [1.165, 1.54) is 6.39 Å². The van der Waals surface area contributed by atoms with E-state index < -0.39 is 0 Å². The fourth-order valence-corrected chi connectivity index (χ4v) is 3.07. The van der Waals surface area contributed by atoms with Gasteiger partial charge in [0.25, 0.3) is 5.91 Å². The summed E-state index contributed by atoms with van der Waals surface area (Å²) in [7, 11) is 0. The normalized spacial score (nSPS) is 16.5. The first-order valence-electron chi connectivity index (χ1n) is 8.11. The summed E-state index contributed by atoms with van der Waals surface area (Å²) >= 11 is 0. The number of aryl methyl sites for hydroxylation is 1. The van der Waals surface area contributed by atoms with E-state index in [1.807, 2.05) is 36.5 Å². The van der Waals surface area contributed by atoms with E-state index in [0.29, 0.717) is 37.0 Å². The molecule has 0 radical (unpaired) electrons. The molecule has 128 valence electrons. The number of oxazole rings is 1. The highest BCUT2D eigenvalue weighted by atomic mass is 16.5. The number of fused-ring (bicyclic) bond motifs is 1. The number of carbonyl (C=O) groups excluding carboxylic acids is 1. The van der Waals surface area contributed by atoms with Gasteiger partial charge in [-0.25, -0.2) is 9.97 Å². The van der Waals surface area contributed by atoms with Gasteiger partial charge in [-0.1, -0.05) is 6.07 Å². The Bertz CT molecular complexity index is 871. The maximum absolute atomic E-state index is 12.8. The molecule has 4 rings (SSSR count). The van der Waals surface area contributed by atoms with E-state index in [2.05, 4.69) is 14.5 Å². The lowest BCUT2D eigenvalue weighted by Gasteiger charge is -2.34. The maximum Gasteiger partial charge on any atom is 0.291 e. The molecule has 4 heterocycles. The lowest BCUT2D eigenvalue weighted by Crippen LogP contribution is -2.42. The van der Waals surface area contributed by atoms with E-state index >= 15 is 0 Å². The molecule has 1 aliphatic heterocycles. The van der Waals surface area contributed by atoms with Crippen LogP contribution >= 0.6 is 0 Å². The molecule has 1 aliphatic rings. The molecule has 7 nitrogen and oxygen atoms in total. The summed E-state index contributed by atoms with van der Waals surface area (Å²) in [6, 6.07) is 9.55. The average molecular weight is 338 g/mol. The summed E-state index contributed by atoms with van der Waals surface area (Å²) in [6.07, 6.45) is 5.01. The van der Waals surface area contributed by atoms with Crippen LogP contribution in [0.25, 0.3) is 0 Å². The number of aromatic nitrogens is 3. The predicted molar refractivity (Wildman–Crippen MR) is 89.2 cm³/mol. The van der Waals surface area contributed by atoms with Gasteiger partial charge in [0.1, 0.15) is 6.61 Å². The second-order valence-electron chi connectivity index (χ2n) is 5.99. The van der Waals surface area contributed by atoms with Crippen molar-refractivity contribution >= 4 is 5.91 Å². The monoisotopic (exact) mass is 338 g/mol. The van der Waals surface area contributed by atoms with Crippen molar-refractivity contribution in [2.45, 2.75) is 19.5 Å². The molecule has 0 fully saturated rings. The quantitative estimate of drug-likeness (QED) is 0.730. The third-order valence-corrected chi connectivity index (χ3v) is 4.33. The van der Waals surface area contributed by atoms with Crippen molar-refractivity contribution in [1.82, 2.24) is 19.4 Å². The van der Waals surface area contributed by atoms with Crippen LogP contribution in [-0.4, -0.2) is 38.5 Å². The zero-order chi connectivity index (χ0) is 17.2. The zero-order valence-corrected chi connectivity index (χ0v) is 13.8. The Labute approximate surface area is 144 Å². The molecule has 0 spiro atoms. The standard InChI is InChI=1S/C18H18N4O3/c1-13-17(25-12-20-13)18(23)21-9-14-5-4-8-22(14)15(10-21)11-24-16-6-2-3-7-19-16/h2-8,12,15H,9-11H2,1H3/t15-/m1/s1. The third kappa shape index (κ3) is 3.00. The van der Waals surface area contributed by atoms with Crippen molar-refractivity contribution in [3.63, 3.8) is 0 Å². The van der Waals surface area contributed by atoms with Gasteiger partial charge in [-0.2, -0.15) is 0 Å². The molecule has 0 bridgehead atoms. The Hall–Kier alpha value is -3.09. The van der Waals surface area contributed by atoms with Gasteiger partial charge in [0.2, 0.25) is 11.6 Å². The molecule has 1 amide bonds. The number of ether oxygens (including phenoxy) is 1. The fraction of sp³-hybridized carbons (Fsp3) is 0.278. The largest absolute Gasteiger partial charge is 0.475 e. The van der Waals surface area contributed by atoms with Gasteiger partial charge in [-0.15, -0.1) is 0 Å². The Morgan fingerprint density at radius 2 is 2.24 bits per heavy atom. The van der Waals surface area contributed by atoms with Gasteiger partial charge >= 0.3 is 0 Å². The van der Waals surface area contributed by atoms with Crippen LogP contribution in [0, 0.1) is 6.92 Å². The zero-order valence-electron chi connectivity index (χ0n) is 13.8. The SMILES string of the molecule is Cc1ncoc1C(=O)N1Cc2cccn2[C@@H](COc2ccccn2)C1. The number of nitrogens with zero attached hydrogens (tertiary/aromatic N) is 4. The molecule has 3 aromatic rings. The highest BCUT2D eigenvalue weighted by Gasteiger charge is 2.30. The van der Waals surface area contributed by atoms with Crippen molar-refractivity contribution in [2.24, 2.45) is 0 Å². The van der Waals surface area contributed by atoms with Gasteiger partial charge in [-0.05, 0) is 25.1 Å². The third-order valence-electron chi connectivity index (χ3n) is 4.33. The minimum atomic E-state index is -0.148. The lowest BCUT2D eigenvalue weighted by molar-refractivity contribution is 0.0613. The highest BCUT2D eigenvalue weighted by molar-refractivity contribution is 5.92. The minimum Gasteiger partial charge on any atom is -0.475 e. The fourth-order valence-electron chi connectivity index (χ4n) is 3.07. The molecular formula is C18H18N4O3. The van der Waals surface area contributed by atoms with E-state index in [9.17, 15) is 4.79 Å². The van der Waals surface area contributed by atoms with Crippen molar-refractivity contribution < 1.29 is 13.9 Å². The van der Waals surface area contributed by atoms with Crippen LogP contribution in [0.3, 0.4) is 0 Å². The van der Waals surface area contributed by atoms with E-state index in [0.717, 1.165) is 5.69 Å². The second kappa shape index (κ2) is 6.43. The number of carbonyl (C=O) groups is 1. The topological polar surface area (TPSA) is 73.4 Å². The summed E-state index contributed by atoms with van der Waals surface area (Å²) in [6.45, 7) is 3.27. The molecule has 0 saturated heterocycles. The first-order valence-corrected chi connectivity index (χ1v) is 8.11. The molecule has 3 aromatic heterocycles. The Balaban J connectivity index is 1.53. The van der Waals surface area contributed by atoms with Gasteiger partial charge in [0, 0.05) is 30.7 Å². The summed E-state index contributed by atoms with van der Waals surface area (Å²) in [5.41, 5.74) is 1.67. The van der Waals surface area contributed by atoms with E-state index in [-0.39, 0.29) is 11.9 Å². The maximum atomic E-state index is 12.8. The number of hydrogen-bond donors (Lipinski definition) is 0. The molecule has 0 N–H and O–H groups in total. The minimum absolute atomic E-state index is 0.00735. The smallest absolute Gasteiger partial charge is 0.291 e. The Morgan fingerprint density at radius 1 is 1.32 bits per heavy atom. The predicted octanol–water partition coefficient (Wildman–Crippen LogP) is 2.46. The highest BCUT2D eigenvalue weighted by Crippen LogP contribution is 2.24. The van der Waals surface area contributed by atoms with Crippen LogP contribution < -0.4 is 4.74 Å². The summed E-state index contributed by atoms with van der Waals surface area (Å²) < 4.78 is 13.2. The molecule has 7 heteroatoms. The number of rotatable bonds is 4. The molecule has 0 aliphatic carbocycles. The second-order valence-corrected chi connectivity index (χ2v) is 5.99. The number of hydrogen-bond acceptors (Lipinski definition) is 5. The summed E-state index contributed by atoms with van der Waals surface area (Å²) in [4.78, 5) is 22.7. The van der Waals surface area contributed by atoms with Crippen LogP contribution in [0.4, 0.5) is 0 Å². The molecule has 0 aromatic carbocycles. The van der Waals surface area contributed by atoms with Gasteiger partial charge in [-0.3, -0.25) is 4.79 Å². The van der Waals surface area contributed by atoms with Gasteiger partial charge in [0.05, 0.1) is 18.3 Å². The van der Waals surface area contributed by atoms with Crippen LogP contribution in [-0.2, 0) is 6.54 Å². The summed E-state index contributed by atoms with van der Waals surface area (Å²) in [5, 5.41) is 0. The number of pyridine rings is 1. The van der Waals surface area contributed by atoms with Crippen molar-refractivity contribution in [1.29, 1.82) is 0 Å².